The van der Waals surface area contributed by atoms with E-state index < -0.39 is 0 Å². The van der Waals surface area contributed by atoms with E-state index in [4.69, 9.17) is 0 Å². The maximum atomic E-state index is 10.2. The van der Waals surface area contributed by atoms with Gasteiger partial charge in [-0.1, -0.05) is 18.2 Å². The van der Waals surface area contributed by atoms with Crippen molar-refractivity contribution in [3.63, 3.8) is 0 Å². The summed E-state index contributed by atoms with van der Waals surface area (Å²) in [7, 11) is 0. The summed E-state index contributed by atoms with van der Waals surface area (Å²) in [6.45, 7) is 2.16. The molecule has 0 spiro atoms. The second-order valence-electron chi connectivity index (χ2n) is 9.17. The molecule has 1 unspecified atom stereocenters. The molecule has 4 saturated carbocycles. The average molecular weight is 325 g/mol. The van der Waals surface area contributed by atoms with E-state index in [1.807, 2.05) is 0 Å². The molecule has 24 heavy (non-hydrogen) atoms. The molecule has 1 aromatic carbocycles. The van der Waals surface area contributed by atoms with Crippen LogP contribution in [0.5, 0.6) is 0 Å². The summed E-state index contributed by atoms with van der Waals surface area (Å²) in [5.74, 6) is 5.11. The lowest BCUT2D eigenvalue weighted by Gasteiger charge is -2.54. The van der Waals surface area contributed by atoms with Crippen LogP contribution in [0.15, 0.2) is 18.2 Å². The fraction of sp³-hybridized carbons (Fsp3) is 0.727. The van der Waals surface area contributed by atoms with Gasteiger partial charge in [0.15, 0.2) is 0 Å². The van der Waals surface area contributed by atoms with Crippen molar-refractivity contribution in [3.8, 4) is 0 Å². The van der Waals surface area contributed by atoms with E-state index in [0.29, 0.717) is 0 Å². The van der Waals surface area contributed by atoms with Crippen molar-refractivity contribution in [1.82, 2.24) is 5.32 Å². The van der Waals surface area contributed by atoms with Crippen LogP contribution in [-0.2, 0) is 13.0 Å². The Hall–Kier alpha value is -0.860. The van der Waals surface area contributed by atoms with E-state index in [1.54, 1.807) is 6.42 Å². The summed E-state index contributed by atoms with van der Waals surface area (Å²) in [6, 6.07) is 6.77. The third-order valence-corrected chi connectivity index (χ3v) is 7.62. The van der Waals surface area contributed by atoms with Gasteiger partial charge in [0.05, 0.1) is 6.10 Å². The van der Waals surface area contributed by atoms with Crippen LogP contribution in [0.25, 0.3) is 0 Å². The Morgan fingerprint density at radius 2 is 1.75 bits per heavy atom. The van der Waals surface area contributed by atoms with E-state index in [9.17, 15) is 5.11 Å². The standard InChI is InChI=1S/C22H31NO/c24-22-3-1-2-17-5-4-14(11-20(17)22)12-23-13-21-18-7-15-6-16(9-18)10-19(21)8-15/h4-5,11,15-16,18-19,21-24H,1-3,6-10,12-13H2. The Bertz CT molecular complexity index is 582. The molecule has 0 aromatic heterocycles. The van der Waals surface area contributed by atoms with Crippen LogP contribution in [0.3, 0.4) is 0 Å². The number of hydrogen-bond acceptors (Lipinski definition) is 2. The third kappa shape index (κ3) is 2.72. The first-order valence-corrected chi connectivity index (χ1v) is 10.3. The molecule has 4 fully saturated rings. The summed E-state index contributed by atoms with van der Waals surface area (Å²) < 4.78 is 0. The van der Waals surface area contributed by atoms with Gasteiger partial charge >= 0.3 is 0 Å². The first-order valence-electron chi connectivity index (χ1n) is 10.3. The van der Waals surface area contributed by atoms with Crippen molar-refractivity contribution in [2.45, 2.75) is 64.0 Å². The van der Waals surface area contributed by atoms with Gasteiger partial charge < -0.3 is 10.4 Å². The van der Waals surface area contributed by atoms with Gasteiger partial charge in [-0.2, -0.15) is 0 Å². The molecule has 6 rings (SSSR count). The SMILES string of the molecule is OC1CCCc2ccc(CNCC3C4CC5CC(C4)CC3C5)cc21. The van der Waals surface area contributed by atoms with E-state index in [0.717, 1.165) is 55.4 Å². The molecule has 4 bridgehead atoms. The molecule has 2 N–H and O–H groups in total. The maximum absolute atomic E-state index is 10.2. The number of aliphatic hydroxyl groups is 1. The average Bonchev–Trinajstić information content (AvgIpc) is 2.57. The van der Waals surface area contributed by atoms with Crippen LogP contribution in [0, 0.1) is 29.6 Å². The number of fused-ring (bicyclic) bond motifs is 1. The summed E-state index contributed by atoms with van der Waals surface area (Å²) in [5.41, 5.74) is 3.90. The molecule has 2 nitrogen and oxygen atoms in total. The molecular weight excluding hydrogens is 294 g/mol. The van der Waals surface area contributed by atoms with Crippen LogP contribution < -0.4 is 5.32 Å². The van der Waals surface area contributed by atoms with Gasteiger partial charge in [-0.25, -0.2) is 0 Å². The number of aryl methyl sites for hydroxylation is 1. The van der Waals surface area contributed by atoms with Crippen molar-refractivity contribution >= 4 is 0 Å². The van der Waals surface area contributed by atoms with Crippen LogP contribution >= 0.6 is 0 Å². The molecule has 130 valence electrons. The van der Waals surface area contributed by atoms with Crippen LogP contribution in [0.2, 0.25) is 0 Å². The lowest BCUT2D eigenvalue weighted by Crippen LogP contribution is -2.48. The summed E-state index contributed by atoms with van der Waals surface area (Å²) in [6.07, 6.45) is 10.6. The number of rotatable bonds is 4. The van der Waals surface area contributed by atoms with Crippen molar-refractivity contribution in [2.75, 3.05) is 6.54 Å². The maximum Gasteiger partial charge on any atom is 0.0792 e. The lowest BCUT2D eigenvalue weighted by molar-refractivity contribution is -0.0355. The third-order valence-electron chi connectivity index (χ3n) is 7.62. The monoisotopic (exact) mass is 325 g/mol. The predicted octanol–water partition coefficient (Wildman–Crippen LogP) is 4.22. The smallest absolute Gasteiger partial charge is 0.0792 e. The summed E-state index contributed by atoms with van der Waals surface area (Å²) in [4.78, 5) is 0. The van der Waals surface area contributed by atoms with Gasteiger partial charge in [-0.15, -0.1) is 0 Å². The van der Waals surface area contributed by atoms with E-state index in [-0.39, 0.29) is 6.10 Å². The Labute approximate surface area is 146 Å². The number of hydrogen-bond donors (Lipinski definition) is 2. The minimum absolute atomic E-state index is 0.238. The molecule has 2 heteroatoms. The molecule has 0 radical (unpaired) electrons. The Morgan fingerprint density at radius 1 is 1.00 bits per heavy atom. The fourth-order valence-electron chi connectivity index (χ4n) is 6.69. The van der Waals surface area contributed by atoms with Crippen molar-refractivity contribution in [3.05, 3.63) is 34.9 Å². The minimum atomic E-state index is -0.238. The number of nitrogens with one attached hydrogen (secondary N) is 1. The zero-order valence-electron chi connectivity index (χ0n) is 14.7. The highest BCUT2D eigenvalue weighted by Gasteiger charge is 2.47. The Balaban J connectivity index is 1.20. The molecule has 1 aromatic rings. The molecule has 1 atom stereocenters. The second kappa shape index (κ2) is 6.14. The molecule has 5 aliphatic carbocycles. The highest BCUT2D eigenvalue weighted by atomic mass is 16.3. The predicted molar refractivity (Wildman–Crippen MR) is 96.6 cm³/mol. The second-order valence-corrected chi connectivity index (χ2v) is 9.17. The number of aliphatic hydroxyl groups excluding tert-OH is 1. The van der Waals surface area contributed by atoms with Gasteiger partial charge in [0.25, 0.3) is 0 Å². The number of benzene rings is 1. The first-order chi connectivity index (χ1) is 11.8. The summed E-state index contributed by atoms with van der Waals surface area (Å²) in [5, 5.41) is 14.0. The van der Waals surface area contributed by atoms with Crippen LogP contribution in [0.1, 0.15) is 67.7 Å². The van der Waals surface area contributed by atoms with Crippen molar-refractivity contribution in [2.24, 2.45) is 29.6 Å². The van der Waals surface area contributed by atoms with Gasteiger partial charge in [0.2, 0.25) is 0 Å². The Kier molecular flexibility index (Phi) is 3.94. The molecule has 0 saturated heterocycles. The van der Waals surface area contributed by atoms with Crippen molar-refractivity contribution < 1.29 is 5.11 Å². The minimum Gasteiger partial charge on any atom is -0.388 e. The van der Waals surface area contributed by atoms with E-state index >= 15 is 0 Å². The van der Waals surface area contributed by atoms with Crippen LogP contribution in [0.4, 0.5) is 0 Å². The van der Waals surface area contributed by atoms with E-state index in [1.165, 1.54) is 48.9 Å². The van der Waals surface area contributed by atoms with Gasteiger partial charge in [0.1, 0.15) is 0 Å². The quantitative estimate of drug-likeness (QED) is 0.869. The molecular formula is C22H31NO. The van der Waals surface area contributed by atoms with Crippen LogP contribution in [-0.4, -0.2) is 11.7 Å². The first kappa shape index (κ1) is 15.4. The molecule has 0 amide bonds. The van der Waals surface area contributed by atoms with Crippen molar-refractivity contribution in [1.29, 1.82) is 0 Å². The van der Waals surface area contributed by atoms with E-state index in [2.05, 4.69) is 23.5 Å². The van der Waals surface area contributed by atoms with Gasteiger partial charge in [0, 0.05) is 6.54 Å². The Morgan fingerprint density at radius 3 is 2.50 bits per heavy atom. The highest BCUT2D eigenvalue weighted by Crippen LogP contribution is 2.56. The normalized spacial score (nSPS) is 39.9. The molecule has 0 heterocycles. The summed E-state index contributed by atoms with van der Waals surface area (Å²) >= 11 is 0. The zero-order valence-corrected chi connectivity index (χ0v) is 14.7. The lowest BCUT2D eigenvalue weighted by atomic mass is 9.52. The highest BCUT2D eigenvalue weighted by molar-refractivity contribution is 5.35. The largest absolute Gasteiger partial charge is 0.388 e. The molecule has 0 aliphatic heterocycles. The molecule has 5 aliphatic rings. The fourth-order valence-corrected chi connectivity index (χ4v) is 6.69. The van der Waals surface area contributed by atoms with Gasteiger partial charge in [-0.05, 0) is 104 Å². The topological polar surface area (TPSA) is 32.3 Å². The zero-order chi connectivity index (χ0) is 16.1. The van der Waals surface area contributed by atoms with Gasteiger partial charge in [-0.3, -0.25) is 0 Å².